The van der Waals surface area contributed by atoms with Crippen LogP contribution in [-0.2, 0) is 6.54 Å². The van der Waals surface area contributed by atoms with Crippen molar-refractivity contribution in [1.29, 1.82) is 0 Å². The first-order chi connectivity index (χ1) is 14.6. The summed E-state index contributed by atoms with van der Waals surface area (Å²) in [4.78, 5) is 18.2. The molecule has 0 amide bonds. The van der Waals surface area contributed by atoms with E-state index in [1.165, 1.54) is 0 Å². The van der Waals surface area contributed by atoms with Crippen molar-refractivity contribution in [3.05, 3.63) is 98.7 Å². The van der Waals surface area contributed by atoms with Gasteiger partial charge in [0.1, 0.15) is 5.75 Å². The third-order valence-electron chi connectivity index (χ3n) is 5.14. The van der Waals surface area contributed by atoms with E-state index in [0.29, 0.717) is 23.4 Å². The molecular formula is C24H22BrN3O2. The Hall–Kier alpha value is -3.12. The molecule has 0 spiro atoms. The Labute approximate surface area is 183 Å². The summed E-state index contributed by atoms with van der Waals surface area (Å²) in [5.74, 6) is 1.35. The van der Waals surface area contributed by atoms with Crippen LogP contribution in [0.1, 0.15) is 24.1 Å². The van der Waals surface area contributed by atoms with Gasteiger partial charge in [-0.1, -0.05) is 58.4 Å². The third kappa shape index (κ3) is 4.09. The van der Waals surface area contributed by atoms with E-state index in [4.69, 9.17) is 9.72 Å². The van der Waals surface area contributed by atoms with Gasteiger partial charge in [0.15, 0.2) is 0 Å². The highest BCUT2D eigenvalue weighted by molar-refractivity contribution is 9.10. The lowest BCUT2D eigenvalue weighted by Gasteiger charge is -2.21. The Morgan fingerprint density at radius 3 is 2.50 bits per heavy atom. The minimum atomic E-state index is -0.173. The standard InChI is InChI=1S/C24H22BrN3O2/c1-16(18-6-4-3-5-7-18)28-23(29)21-14-19(25)10-13-22(21)27-24(28)26-15-17-8-11-20(30-2)12-9-17/h3-14,16H,15H2,1-2H3,(H,26,27)/t16-/m1/s1. The first-order valence-electron chi connectivity index (χ1n) is 9.70. The summed E-state index contributed by atoms with van der Waals surface area (Å²) in [7, 11) is 1.65. The molecule has 0 fully saturated rings. The van der Waals surface area contributed by atoms with Crippen molar-refractivity contribution in [3.8, 4) is 5.75 Å². The van der Waals surface area contributed by atoms with E-state index in [2.05, 4.69) is 21.2 Å². The smallest absolute Gasteiger partial charge is 0.263 e. The largest absolute Gasteiger partial charge is 0.497 e. The van der Waals surface area contributed by atoms with Gasteiger partial charge in [0.05, 0.1) is 24.1 Å². The lowest BCUT2D eigenvalue weighted by molar-refractivity contribution is 0.414. The second kappa shape index (κ2) is 8.71. The Morgan fingerprint density at radius 2 is 1.80 bits per heavy atom. The first kappa shape index (κ1) is 20.2. The fraction of sp³-hybridized carbons (Fsp3) is 0.167. The molecule has 0 saturated carbocycles. The van der Waals surface area contributed by atoms with Gasteiger partial charge in [0.25, 0.3) is 5.56 Å². The van der Waals surface area contributed by atoms with Gasteiger partial charge in [-0.05, 0) is 48.4 Å². The lowest BCUT2D eigenvalue weighted by Crippen LogP contribution is -2.28. The number of nitrogens with zero attached hydrogens (tertiary/aromatic N) is 2. The fourth-order valence-electron chi connectivity index (χ4n) is 3.46. The van der Waals surface area contributed by atoms with Crippen LogP contribution < -0.4 is 15.6 Å². The highest BCUT2D eigenvalue weighted by Crippen LogP contribution is 2.23. The second-order valence-corrected chi connectivity index (χ2v) is 7.98. The molecule has 3 aromatic carbocycles. The van der Waals surface area contributed by atoms with Crippen LogP contribution in [0.4, 0.5) is 5.95 Å². The van der Waals surface area contributed by atoms with Crippen molar-refractivity contribution in [2.75, 3.05) is 12.4 Å². The monoisotopic (exact) mass is 463 g/mol. The average Bonchev–Trinajstić information content (AvgIpc) is 2.79. The molecule has 0 aliphatic heterocycles. The number of hydrogen-bond acceptors (Lipinski definition) is 4. The van der Waals surface area contributed by atoms with Gasteiger partial charge < -0.3 is 10.1 Å². The highest BCUT2D eigenvalue weighted by Gasteiger charge is 2.17. The number of anilines is 1. The maximum absolute atomic E-state index is 13.5. The average molecular weight is 464 g/mol. The van der Waals surface area contributed by atoms with Crippen molar-refractivity contribution in [2.45, 2.75) is 19.5 Å². The Bertz CT molecular complexity index is 1220. The minimum absolute atomic E-state index is 0.0742. The molecule has 0 unspecified atom stereocenters. The molecule has 4 rings (SSSR count). The van der Waals surface area contributed by atoms with Crippen LogP contribution in [0.15, 0.2) is 82.1 Å². The second-order valence-electron chi connectivity index (χ2n) is 7.06. The molecule has 0 saturated heterocycles. The summed E-state index contributed by atoms with van der Waals surface area (Å²) < 4.78 is 7.81. The molecule has 0 aliphatic rings. The van der Waals surface area contributed by atoms with Crippen LogP contribution in [0.25, 0.3) is 10.9 Å². The highest BCUT2D eigenvalue weighted by atomic mass is 79.9. The molecule has 1 aromatic heterocycles. The van der Waals surface area contributed by atoms with Crippen LogP contribution in [0.3, 0.4) is 0 Å². The number of hydrogen-bond donors (Lipinski definition) is 1. The van der Waals surface area contributed by atoms with E-state index in [0.717, 1.165) is 21.3 Å². The zero-order valence-electron chi connectivity index (χ0n) is 16.8. The maximum Gasteiger partial charge on any atom is 0.263 e. The molecule has 0 aliphatic carbocycles. The summed E-state index contributed by atoms with van der Waals surface area (Å²) in [5, 5.41) is 3.95. The summed E-state index contributed by atoms with van der Waals surface area (Å²) in [6.45, 7) is 2.56. The van der Waals surface area contributed by atoms with Gasteiger partial charge >= 0.3 is 0 Å². The maximum atomic E-state index is 13.5. The molecular weight excluding hydrogens is 442 g/mol. The number of fused-ring (bicyclic) bond motifs is 1. The van der Waals surface area contributed by atoms with Crippen LogP contribution in [0, 0.1) is 0 Å². The summed E-state index contributed by atoms with van der Waals surface area (Å²) in [5.41, 5.74) is 2.70. The number of aromatic nitrogens is 2. The van der Waals surface area contributed by atoms with Crippen molar-refractivity contribution >= 4 is 32.8 Å². The topological polar surface area (TPSA) is 56.1 Å². The number of ether oxygens (including phenoxy) is 1. The summed E-state index contributed by atoms with van der Waals surface area (Å²) in [6, 6.07) is 23.2. The lowest BCUT2D eigenvalue weighted by atomic mass is 10.1. The van der Waals surface area contributed by atoms with Crippen molar-refractivity contribution in [1.82, 2.24) is 9.55 Å². The number of benzene rings is 3. The quantitative estimate of drug-likeness (QED) is 0.416. The molecule has 1 N–H and O–H groups in total. The Balaban J connectivity index is 1.78. The van der Waals surface area contributed by atoms with Gasteiger partial charge in [-0.15, -0.1) is 0 Å². The molecule has 0 radical (unpaired) electrons. The molecule has 6 heteroatoms. The summed E-state index contributed by atoms with van der Waals surface area (Å²) in [6.07, 6.45) is 0. The van der Waals surface area contributed by atoms with E-state index < -0.39 is 0 Å². The third-order valence-corrected chi connectivity index (χ3v) is 5.63. The fourth-order valence-corrected chi connectivity index (χ4v) is 3.82. The van der Waals surface area contributed by atoms with E-state index in [-0.39, 0.29) is 11.6 Å². The van der Waals surface area contributed by atoms with Crippen molar-refractivity contribution in [2.24, 2.45) is 0 Å². The van der Waals surface area contributed by atoms with E-state index in [1.807, 2.05) is 79.7 Å². The predicted octanol–water partition coefficient (Wildman–Crippen LogP) is 5.39. The Morgan fingerprint density at radius 1 is 1.07 bits per heavy atom. The summed E-state index contributed by atoms with van der Waals surface area (Å²) >= 11 is 3.46. The molecule has 152 valence electrons. The van der Waals surface area contributed by atoms with Crippen LogP contribution >= 0.6 is 15.9 Å². The molecule has 0 bridgehead atoms. The predicted molar refractivity (Wildman–Crippen MR) is 124 cm³/mol. The normalized spacial score (nSPS) is 12.0. The van der Waals surface area contributed by atoms with E-state index >= 15 is 0 Å². The van der Waals surface area contributed by atoms with Gasteiger partial charge in [-0.25, -0.2) is 4.98 Å². The van der Waals surface area contributed by atoms with E-state index in [1.54, 1.807) is 11.7 Å². The molecule has 1 heterocycles. The minimum Gasteiger partial charge on any atom is -0.497 e. The molecule has 4 aromatic rings. The number of methoxy groups -OCH3 is 1. The van der Waals surface area contributed by atoms with Gasteiger partial charge in [0, 0.05) is 11.0 Å². The molecule has 30 heavy (non-hydrogen) atoms. The van der Waals surface area contributed by atoms with Gasteiger partial charge in [0.2, 0.25) is 5.95 Å². The Kier molecular flexibility index (Phi) is 5.86. The molecule has 5 nitrogen and oxygen atoms in total. The number of nitrogens with one attached hydrogen (secondary N) is 1. The zero-order chi connectivity index (χ0) is 21.1. The first-order valence-corrected chi connectivity index (χ1v) is 10.5. The molecule has 1 atom stereocenters. The van der Waals surface area contributed by atoms with Gasteiger partial charge in [-0.2, -0.15) is 0 Å². The van der Waals surface area contributed by atoms with E-state index in [9.17, 15) is 4.79 Å². The van der Waals surface area contributed by atoms with Crippen molar-refractivity contribution in [3.63, 3.8) is 0 Å². The van der Waals surface area contributed by atoms with Crippen molar-refractivity contribution < 1.29 is 4.74 Å². The number of rotatable bonds is 6. The number of halogens is 1. The zero-order valence-corrected chi connectivity index (χ0v) is 18.4. The van der Waals surface area contributed by atoms with Gasteiger partial charge in [-0.3, -0.25) is 9.36 Å². The van der Waals surface area contributed by atoms with Crippen LogP contribution in [0.5, 0.6) is 5.75 Å². The van der Waals surface area contributed by atoms with Crippen LogP contribution in [-0.4, -0.2) is 16.7 Å². The van der Waals surface area contributed by atoms with Crippen LogP contribution in [0.2, 0.25) is 0 Å². The SMILES string of the molecule is COc1ccc(CNc2nc3ccc(Br)cc3c(=O)n2[C@H](C)c2ccccc2)cc1.